The molecule has 110 valence electrons. The third kappa shape index (κ3) is 10.2. The summed E-state index contributed by atoms with van der Waals surface area (Å²) in [6, 6.07) is 8.71. The molecule has 1 aromatic rings. The summed E-state index contributed by atoms with van der Waals surface area (Å²) in [4.78, 5) is 0. The van der Waals surface area contributed by atoms with Crippen LogP contribution < -0.4 is 24.8 Å². The molecule has 5 heteroatoms. The van der Waals surface area contributed by atoms with Crippen LogP contribution in [0.4, 0.5) is 0 Å². The number of hydrogen-bond donors (Lipinski definition) is 0. The standard InChI is InChI=1S/C11H13Si.C4H10N.2ClH.Ti/c1-12(2)11-7-9-5-3-4-6-10(9)8-11;1-4(2,3)5;;;/h3-7H,8H2,1-2H3;5H,1-3H3;2*1H;/q;-1;;;+3/p-2. The molecule has 0 unspecified atom stereocenters. The average molecular weight is 364 g/mol. The molecule has 0 saturated carbocycles. The van der Waals surface area contributed by atoms with Gasteiger partial charge in [0.1, 0.15) is 0 Å². The summed E-state index contributed by atoms with van der Waals surface area (Å²) in [5.41, 5.74) is 9.64. The number of halogens is 2. The molecule has 0 heterocycles. The zero-order valence-electron chi connectivity index (χ0n) is 12.8. The predicted octanol–water partition coefficient (Wildman–Crippen LogP) is -1.24. The van der Waals surface area contributed by atoms with Crippen molar-refractivity contribution in [3.8, 4) is 0 Å². The second kappa shape index (κ2) is 11.1. The Morgan fingerprint density at radius 1 is 1.05 bits per heavy atom. The second-order valence-electron chi connectivity index (χ2n) is 5.80. The molecule has 0 spiro atoms. The van der Waals surface area contributed by atoms with Crippen molar-refractivity contribution in [1.82, 2.24) is 0 Å². The molecule has 0 amide bonds. The Balaban J connectivity index is -0.000000322. The van der Waals surface area contributed by atoms with Crippen molar-refractivity contribution < 1.29 is 46.5 Å². The minimum absolute atomic E-state index is 0. The summed E-state index contributed by atoms with van der Waals surface area (Å²) in [7, 11) is -0.218. The van der Waals surface area contributed by atoms with Crippen LogP contribution in [0.15, 0.2) is 29.5 Å². The summed E-state index contributed by atoms with van der Waals surface area (Å²) in [6.07, 6.45) is 3.58. The van der Waals surface area contributed by atoms with Crippen molar-refractivity contribution in [2.45, 2.75) is 45.8 Å². The smallest absolute Gasteiger partial charge is 1.00 e. The molecule has 0 saturated heterocycles. The topological polar surface area (TPSA) is 23.8 Å². The van der Waals surface area contributed by atoms with E-state index < -0.39 is 0 Å². The van der Waals surface area contributed by atoms with E-state index in [1.807, 2.05) is 20.8 Å². The number of fused-ring (bicyclic) bond motifs is 1. The summed E-state index contributed by atoms with van der Waals surface area (Å²) in [5, 5.41) is 1.67. The van der Waals surface area contributed by atoms with Gasteiger partial charge in [0, 0.05) is 0 Å². The van der Waals surface area contributed by atoms with Crippen molar-refractivity contribution in [2.24, 2.45) is 0 Å². The zero-order valence-corrected chi connectivity index (χ0v) is 16.9. The maximum atomic E-state index is 6.94. The molecular formula is C15H23Cl2NSiTi. The van der Waals surface area contributed by atoms with E-state index in [1.165, 1.54) is 17.5 Å². The van der Waals surface area contributed by atoms with E-state index in [9.17, 15) is 0 Å². The van der Waals surface area contributed by atoms with Gasteiger partial charge >= 0.3 is 21.7 Å². The second-order valence-corrected chi connectivity index (χ2v) is 8.44. The number of allylic oxidation sites excluding steroid dienone is 1. The minimum Gasteiger partial charge on any atom is -1.00 e. The van der Waals surface area contributed by atoms with Gasteiger partial charge in [-0.05, 0) is 17.5 Å². The third-order valence-electron chi connectivity index (χ3n) is 2.41. The van der Waals surface area contributed by atoms with Gasteiger partial charge in [0.15, 0.2) is 0 Å². The van der Waals surface area contributed by atoms with Gasteiger partial charge in [-0.3, -0.25) is 0 Å². The fourth-order valence-corrected chi connectivity index (χ4v) is 2.59. The molecule has 0 aliphatic heterocycles. The Morgan fingerprint density at radius 3 is 1.90 bits per heavy atom. The molecular weight excluding hydrogens is 341 g/mol. The van der Waals surface area contributed by atoms with Crippen LogP contribution in [0, 0.1) is 0 Å². The van der Waals surface area contributed by atoms with Gasteiger partial charge in [0.2, 0.25) is 0 Å². The number of hydrogen-bond acceptors (Lipinski definition) is 0. The summed E-state index contributed by atoms with van der Waals surface area (Å²) in [5.74, 6) is 0. The van der Waals surface area contributed by atoms with Crippen molar-refractivity contribution >= 4 is 14.9 Å². The fraction of sp³-hybridized carbons (Fsp3) is 0.467. The molecule has 0 aromatic heterocycles. The van der Waals surface area contributed by atoms with Gasteiger partial charge in [-0.2, -0.15) is 0 Å². The normalized spacial score (nSPS) is 11.8. The van der Waals surface area contributed by atoms with Crippen molar-refractivity contribution in [2.75, 3.05) is 0 Å². The largest absolute Gasteiger partial charge is 3.00 e. The van der Waals surface area contributed by atoms with Crippen molar-refractivity contribution in [1.29, 1.82) is 0 Å². The Labute approximate surface area is 153 Å². The van der Waals surface area contributed by atoms with Crippen LogP contribution in [-0.4, -0.2) is 14.3 Å². The molecule has 1 N–H and O–H groups in total. The van der Waals surface area contributed by atoms with Gasteiger partial charge in [0.25, 0.3) is 0 Å². The molecule has 2 rings (SSSR count). The first-order valence-electron chi connectivity index (χ1n) is 6.11. The maximum Gasteiger partial charge on any atom is 3.00 e. The Kier molecular flexibility index (Phi) is 14.0. The van der Waals surface area contributed by atoms with Gasteiger partial charge in [-0.1, -0.05) is 69.4 Å². The van der Waals surface area contributed by atoms with E-state index in [0.717, 1.165) is 0 Å². The summed E-state index contributed by atoms with van der Waals surface area (Å²) < 4.78 is 0. The molecule has 20 heavy (non-hydrogen) atoms. The Hall–Kier alpha value is 0.431. The molecule has 0 bridgehead atoms. The first-order chi connectivity index (χ1) is 7.77. The summed E-state index contributed by atoms with van der Waals surface area (Å²) in [6.45, 7) is 10.3. The monoisotopic (exact) mass is 363 g/mol. The molecule has 0 fully saturated rings. The van der Waals surface area contributed by atoms with Gasteiger partial charge in [-0.25, -0.2) is 0 Å². The predicted molar refractivity (Wildman–Crippen MR) is 79.7 cm³/mol. The van der Waals surface area contributed by atoms with E-state index in [0.29, 0.717) is 0 Å². The molecule has 1 aromatic carbocycles. The molecule has 1 aliphatic rings. The molecule has 1 nitrogen and oxygen atoms in total. The van der Waals surface area contributed by atoms with E-state index in [-0.39, 0.29) is 60.9 Å². The van der Waals surface area contributed by atoms with Gasteiger partial charge in [-0.15, -0.1) is 5.54 Å². The van der Waals surface area contributed by atoms with Gasteiger partial charge < -0.3 is 30.5 Å². The quantitative estimate of drug-likeness (QED) is 0.557. The fourth-order valence-electron chi connectivity index (χ4n) is 1.60. The Morgan fingerprint density at radius 2 is 1.50 bits per heavy atom. The van der Waals surface area contributed by atoms with Crippen LogP contribution in [0.3, 0.4) is 0 Å². The third-order valence-corrected chi connectivity index (χ3v) is 4.01. The van der Waals surface area contributed by atoms with Crippen molar-refractivity contribution in [3.05, 3.63) is 46.3 Å². The average Bonchev–Trinajstić information content (AvgIpc) is 2.58. The van der Waals surface area contributed by atoms with Crippen LogP contribution in [0.25, 0.3) is 11.8 Å². The SMILES string of the molecule is CC(C)(C)[NH-].C[Si](C)C1=Cc2ccccc2C1.[Cl-].[Cl-].[Ti+3]. The number of rotatable bonds is 1. The molecule has 1 aliphatic carbocycles. The van der Waals surface area contributed by atoms with Crippen LogP contribution in [0.5, 0.6) is 0 Å². The van der Waals surface area contributed by atoms with E-state index in [1.54, 1.807) is 5.20 Å². The number of benzene rings is 1. The van der Waals surface area contributed by atoms with Gasteiger partial charge in [0.05, 0.1) is 8.80 Å². The number of nitrogens with one attached hydrogen (secondary N) is 1. The van der Waals surface area contributed by atoms with E-state index in [2.05, 4.69) is 43.4 Å². The summed E-state index contributed by atoms with van der Waals surface area (Å²) >= 11 is 0. The Bertz CT molecular complexity index is 409. The minimum atomic E-state index is -0.250. The van der Waals surface area contributed by atoms with Crippen molar-refractivity contribution in [3.63, 3.8) is 0 Å². The van der Waals surface area contributed by atoms with Crippen LogP contribution >= 0.6 is 0 Å². The first kappa shape index (κ1) is 25.4. The zero-order chi connectivity index (χ0) is 13.1. The van der Waals surface area contributed by atoms with Crippen LogP contribution in [0.2, 0.25) is 13.1 Å². The molecule has 0 atom stereocenters. The molecule has 2 radical (unpaired) electrons. The van der Waals surface area contributed by atoms with E-state index in [4.69, 9.17) is 5.73 Å². The van der Waals surface area contributed by atoms with Crippen LogP contribution in [-0.2, 0) is 28.1 Å². The van der Waals surface area contributed by atoms with E-state index >= 15 is 0 Å². The maximum absolute atomic E-state index is 6.94. The van der Waals surface area contributed by atoms with Crippen LogP contribution in [0.1, 0.15) is 31.9 Å². The first-order valence-corrected chi connectivity index (χ1v) is 8.61.